The first-order valence-electron chi connectivity index (χ1n) is 14.9. The normalized spacial score (nSPS) is 14.6. The van der Waals surface area contributed by atoms with Crippen LogP contribution in [0.1, 0.15) is 59.7 Å². The monoisotopic (exact) mass is 584 g/mol. The number of fused-ring (bicyclic) bond motifs is 1. The topological polar surface area (TPSA) is 80.1 Å². The van der Waals surface area contributed by atoms with Gasteiger partial charge in [-0.2, -0.15) is 0 Å². The minimum absolute atomic E-state index is 0.0303. The van der Waals surface area contributed by atoms with Gasteiger partial charge in [0.1, 0.15) is 17.9 Å². The number of rotatable bonds is 12. The molecular formula is C35H37FN2O5. The van der Waals surface area contributed by atoms with Crippen molar-refractivity contribution in [3.05, 3.63) is 117 Å². The summed E-state index contributed by atoms with van der Waals surface area (Å²) in [5.41, 5.74) is 2.91. The van der Waals surface area contributed by atoms with Crippen molar-refractivity contribution in [2.75, 3.05) is 19.7 Å². The van der Waals surface area contributed by atoms with Gasteiger partial charge in [-0.15, -0.1) is 0 Å². The van der Waals surface area contributed by atoms with Crippen LogP contribution in [0.15, 0.2) is 88.3 Å². The van der Waals surface area contributed by atoms with Crippen molar-refractivity contribution in [2.45, 2.75) is 58.2 Å². The van der Waals surface area contributed by atoms with Crippen LogP contribution >= 0.6 is 0 Å². The molecule has 5 rings (SSSR count). The molecule has 0 N–H and O–H groups in total. The number of benzene rings is 3. The van der Waals surface area contributed by atoms with Crippen molar-refractivity contribution in [1.29, 1.82) is 0 Å². The van der Waals surface area contributed by atoms with E-state index in [4.69, 9.17) is 9.15 Å². The summed E-state index contributed by atoms with van der Waals surface area (Å²) in [6.07, 6.45) is 6.06. The van der Waals surface area contributed by atoms with E-state index in [9.17, 15) is 18.8 Å². The largest absolute Gasteiger partial charge is 0.464 e. The number of halogens is 1. The van der Waals surface area contributed by atoms with E-state index < -0.39 is 0 Å². The second-order valence-corrected chi connectivity index (χ2v) is 11.1. The maximum atomic E-state index is 14.0. The van der Waals surface area contributed by atoms with Gasteiger partial charge in [-0.3, -0.25) is 14.4 Å². The van der Waals surface area contributed by atoms with Crippen molar-refractivity contribution in [1.82, 2.24) is 9.80 Å². The van der Waals surface area contributed by atoms with Crippen molar-refractivity contribution in [3.63, 3.8) is 0 Å². The van der Waals surface area contributed by atoms with Crippen LogP contribution in [0.4, 0.5) is 4.39 Å². The van der Waals surface area contributed by atoms with E-state index in [1.54, 1.807) is 41.3 Å². The highest BCUT2D eigenvalue weighted by molar-refractivity contribution is 5.96. The van der Waals surface area contributed by atoms with Crippen LogP contribution in [-0.4, -0.2) is 47.4 Å². The number of carbonyl (C=O) groups is 2. The average molecular weight is 585 g/mol. The molecule has 224 valence electrons. The lowest BCUT2D eigenvalue weighted by Crippen LogP contribution is -2.45. The van der Waals surface area contributed by atoms with Crippen LogP contribution in [-0.2, 0) is 29.0 Å². The summed E-state index contributed by atoms with van der Waals surface area (Å²) >= 11 is 0. The first-order valence-corrected chi connectivity index (χ1v) is 14.9. The zero-order valence-corrected chi connectivity index (χ0v) is 24.5. The number of aryl methyl sites for hydroxylation is 1. The maximum Gasteiger partial charge on any atom is 0.254 e. The number of ether oxygens (including phenoxy) is 1. The number of amides is 2. The smallest absolute Gasteiger partial charge is 0.254 e. The molecule has 1 saturated heterocycles. The molecule has 0 saturated carbocycles. The van der Waals surface area contributed by atoms with Gasteiger partial charge in [-0.05, 0) is 73.2 Å². The third kappa shape index (κ3) is 7.76. The predicted octanol–water partition coefficient (Wildman–Crippen LogP) is 6.12. The van der Waals surface area contributed by atoms with Crippen molar-refractivity contribution >= 4 is 22.8 Å². The van der Waals surface area contributed by atoms with E-state index >= 15 is 0 Å². The van der Waals surface area contributed by atoms with Crippen LogP contribution in [0.25, 0.3) is 11.0 Å². The van der Waals surface area contributed by atoms with Gasteiger partial charge in [-0.25, -0.2) is 4.39 Å². The highest BCUT2D eigenvalue weighted by atomic mass is 19.1. The predicted molar refractivity (Wildman–Crippen MR) is 163 cm³/mol. The molecular weight excluding hydrogens is 547 g/mol. The van der Waals surface area contributed by atoms with Gasteiger partial charge in [0.05, 0.1) is 29.9 Å². The van der Waals surface area contributed by atoms with Gasteiger partial charge in [0, 0.05) is 25.3 Å². The fraction of sp³-hybridized carbons (Fsp3) is 0.343. The fourth-order valence-electron chi connectivity index (χ4n) is 5.37. The Labute approximate surface area is 250 Å². The molecule has 1 unspecified atom stereocenters. The average Bonchev–Trinajstić information content (AvgIpc) is 3.55. The van der Waals surface area contributed by atoms with Crippen molar-refractivity contribution < 1.29 is 23.1 Å². The molecule has 1 aliphatic rings. The van der Waals surface area contributed by atoms with E-state index in [-0.39, 0.29) is 55.3 Å². The zero-order valence-electron chi connectivity index (χ0n) is 24.5. The molecule has 0 bridgehead atoms. The molecule has 0 aliphatic carbocycles. The standard InChI is InChI=1S/C35H37FN2O5/c1-2-3-7-25-11-15-27(16-12-25)35(41)38(22-30-8-6-19-42-30)23-33(39)37(20-26-13-17-29(36)18-14-26)21-28-24-43-32-10-5-4-9-31(32)34(28)40/h4-5,9-18,24,30H,2-3,6-8,19-23H2,1H3. The molecule has 1 fully saturated rings. The van der Waals surface area contributed by atoms with E-state index in [0.29, 0.717) is 34.3 Å². The number of hydrogen-bond donors (Lipinski definition) is 0. The number of nitrogens with zero attached hydrogens (tertiary/aromatic N) is 2. The number of hydrogen-bond acceptors (Lipinski definition) is 5. The Morgan fingerprint density at radius 2 is 1.67 bits per heavy atom. The summed E-state index contributed by atoms with van der Waals surface area (Å²) in [4.78, 5) is 44.1. The Morgan fingerprint density at radius 1 is 0.930 bits per heavy atom. The summed E-state index contributed by atoms with van der Waals surface area (Å²) in [6, 6.07) is 20.4. The van der Waals surface area contributed by atoms with Gasteiger partial charge >= 0.3 is 0 Å². The Bertz CT molecular complexity index is 1590. The molecule has 8 heteroatoms. The van der Waals surface area contributed by atoms with E-state index in [1.807, 2.05) is 24.3 Å². The molecule has 2 amide bonds. The minimum Gasteiger partial charge on any atom is -0.464 e. The quantitative estimate of drug-likeness (QED) is 0.200. The Hall–Kier alpha value is -4.30. The third-order valence-corrected chi connectivity index (χ3v) is 7.83. The van der Waals surface area contributed by atoms with Gasteiger partial charge in [0.15, 0.2) is 5.43 Å². The summed E-state index contributed by atoms with van der Waals surface area (Å²) in [6.45, 7) is 2.95. The second-order valence-electron chi connectivity index (χ2n) is 11.1. The van der Waals surface area contributed by atoms with Crippen LogP contribution in [0, 0.1) is 5.82 Å². The van der Waals surface area contributed by atoms with Crippen molar-refractivity contribution in [3.8, 4) is 0 Å². The molecule has 0 radical (unpaired) electrons. The van der Waals surface area contributed by atoms with E-state index in [1.165, 1.54) is 28.9 Å². The number of carbonyl (C=O) groups excluding carboxylic acids is 2. The van der Waals surface area contributed by atoms with Crippen LogP contribution in [0.5, 0.6) is 0 Å². The van der Waals surface area contributed by atoms with E-state index in [0.717, 1.165) is 32.1 Å². The van der Waals surface area contributed by atoms with Crippen molar-refractivity contribution in [2.24, 2.45) is 0 Å². The summed E-state index contributed by atoms with van der Waals surface area (Å²) in [7, 11) is 0. The second kappa shape index (κ2) is 14.2. The summed E-state index contributed by atoms with van der Waals surface area (Å²) in [5.74, 6) is -0.980. The van der Waals surface area contributed by atoms with Crippen LogP contribution in [0.3, 0.4) is 0 Å². The Morgan fingerprint density at radius 3 is 2.40 bits per heavy atom. The molecule has 4 aromatic rings. The Kier molecular flexibility index (Phi) is 10.00. The number of para-hydroxylation sites is 1. The highest BCUT2D eigenvalue weighted by Crippen LogP contribution is 2.19. The molecule has 3 aromatic carbocycles. The summed E-state index contributed by atoms with van der Waals surface area (Å²) in [5, 5.41) is 0.423. The SMILES string of the molecule is CCCCc1ccc(C(=O)N(CC(=O)N(Cc2ccc(F)cc2)Cc2coc3ccccc3c2=O)CC2CCCO2)cc1. The fourth-order valence-corrected chi connectivity index (χ4v) is 5.37. The minimum atomic E-state index is -0.383. The van der Waals surface area contributed by atoms with Gasteiger partial charge in [-0.1, -0.05) is 49.7 Å². The molecule has 1 atom stereocenters. The molecule has 43 heavy (non-hydrogen) atoms. The molecule has 1 aliphatic heterocycles. The third-order valence-electron chi connectivity index (χ3n) is 7.83. The highest BCUT2D eigenvalue weighted by Gasteiger charge is 2.28. The van der Waals surface area contributed by atoms with Gasteiger partial charge < -0.3 is 19.0 Å². The number of unbranched alkanes of at least 4 members (excludes halogenated alkanes) is 1. The lowest BCUT2D eigenvalue weighted by molar-refractivity contribution is -0.133. The first-order chi connectivity index (χ1) is 20.9. The lowest BCUT2D eigenvalue weighted by Gasteiger charge is -2.29. The lowest BCUT2D eigenvalue weighted by atomic mass is 10.1. The zero-order chi connectivity index (χ0) is 30.2. The molecule has 0 spiro atoms. The van der Waals surface area contributed by atoms with Gasteiger partial charge in [0.2, 0.25) is 5.91 Å². The van der Waals surface area contributed by atoms with E-state index in [2.05, 4.69) is 6.92 Å². The molecule has 7 nitrogen and oxygen atoms in total. The van der Waals surface area contributed by atoms with Crippen LogP contribution < -0.4 is 5.43 Å². The molecule has 2 heterocycles. The van der Waals surface area contributed by atoms with Gasteiger partial charge in [0.25, 0.3) is 5.91 Å². The first kappa shape index (κ1) is 30.2. The Balaban J connectivity index is 1.41. The summed E-state index contributed by atoms with van der Waals surface area (Å²) < 4.78 is 25.2. The maximum absolute atomic E-state index is 14.0. The van der Waals surface area contributed by atoms with Crippen LogP contribution in [0.2, 0.25) is 0 Å². The molecule has 1 aromatic heterocycles.